The van der Waals surface area contributed by atoms with Crippen molar-refractivity contribution >= 4 is 17.2 Å². The first-order valence-corrected chi connectivity index (χ1v) is 8.80. The number of ether oxygens (including phenoxy) is 2. The van der Waals surface area contributed by atoms with Crippen molar-refractivity contribution in [2.75, 3.05) is 19.8 Å². The number of likely N-dealkylation sites (tertiary alicyclic amines) is 1. The zero-order valence-electron chi connectivity index (χ0n) is 12.2. The Labute approximate surface area is 129 Å². The fourth-order valence-electron chi connectivity index (χ4n) is 3.67. The lowest BCUT2D eigenvalue weighted by Crippen LogP contribution is -2.50. The molecule has 2 aliphatic heterocycles. The van der Waals surface area contributed by atoms with Crippen molar-refractivity contribution in [3.63, 3.8) is 0 Å². The van der Waals surface area contributed by atoms with Gasteiger partial charge in [-0.25, -0.2) is 0 Å². The Balaban J connectivity index is 1.55. The second kappa shape index (κ2) is 5.71. The highest BCUT2D eigenvalue weighted by molar-refractivity contribution is 7.14. The third-order valence-electron chi connectivity index (χ3n) is 4.73. The maximum atomic E-state index is 12.9. The van der Waals surface area contributed by atoms with Crippen molar-refractivity contribution in [3.8, 4) is 0 Å². The minimum Gasteiger partial charge on any atom is -0.348 e. The van der Waals surface area contributed by atoms with Crippen LogP contribution in [0, 0.1) is 0 Å². The van der Waals surface area contributed by atoms with Crippen LogP contribution in [0.5, 0.6) is 0 Å². The zero-order valence-corrected chi connectivity index (χ0v) is 13.0. The molecule has 1 aromatic rings. The number of carbonyl (C=O) groups is 1. The Bertz CT molecular complexity index is 514. The van der Waals surface area contributed by atoms with Crippen LogP contribution in [-0.2, 0) is 22.3 Å². The normalized spacial score (nSPS) is 26.3. The van der Waals surface area contributed by atoms with Crippen LogP contribution >= 0.6 is 11.3 Å². The molecule has 0 aromatic carbocycles. The SMILES string of the molecule is O=C(c1cc2c(s1)CCC2)N1CCCC[C@@H]1C1OCCO1. The molecular formula is C16H21NO3S. The lowest BCUT2D eigenvalue weighted by atomic mass is 10.0. The topological polar surface area (TPSA) is 38.8 Å². The summed E-state index contributed by atoms with van der Waals surface area (Å²) in [4.78, 5) is 17.2. The summed E-state index contributed by atoms with van der Waals surface area (Å²) in [5.74, 6) is 0.179. The number of aryl methyl sites for hydroxylation is 2. The molecule has 4 rings (SSSR count). The van der Waals surface area contributed by atoms with E-state index in [1.165, 1.54) is 16.9 Å². The van der Waals surface area contributed by atoms with E-state index < -0.39 is 0 Å². The Morgan fingerprint density at radius 2 is 2.05 bits per heavy atom. The molecule has 21 heavy (non-hydrogen) atoms. The van der Waals surface area contributed by atoms with E-state index in [9.17, 15) is 4.79 Å². The van der Waals surface area contributed by atoms with Gasteiger partial charge in [-0.1, -0.05) is 0 Å². The van der Waals surface area contributed by atoms with E-state index >= 15 is 0 Å². The summed E-state index contributed by atoms with van der Waals surface area (Å²) in [6.45, 7) is 2.13. The van der Waals surface area contributed by atoms with Crippen molar-refractivity contribution in [1.29, 1.82) is 0 Å². The lowest BCUT2D eigenvalue weighted by Gasteiger charge is -2.37. The van der Waals surface area contributed by atoms with Crippen molar-refractivity contribution in [3.05, 3.63) is 21.4 Å². The molecule has 1 aliphatic carbocycles. The van der Waals surface area contributed by atoms with E-state index in [0.717, 1.165) is 43.5 Å². The molecule has 114 valence electrons. The Hall–Kier alpha value is -0.910. The van der Waals surface area contributed by atoms with Crippen LogP contribution in [-0.4, -0.2) is 42.9 Å². The van der Waals surface area contributed by atoms with Crippen molar-refractivity contribution in [2.45, 2.75) is 50.9 Å². The van der Waals surface area contributed by atoms with E-state index in [1.807, 2.05) is 4.90 Å². The molecule has 2 saturated heterocycles. The molecule has 0 spiro atoms. The average Bonchev–Trinajstić information content (AvgIpc) is 3.22. The number of fused-ring (bicyclic) bond motifs is 1. The minimum atomic E-state index is -0.221. The predicted octanol–water partition coefficient (Wildman–Crippen LogP) is 2.60. The van der Waals surface area contributed by atoms with E-state index in [-0.39, 0.29) is 18.2 Å². The summed E-state index contributed by atoms with van der Waals surface area (Å²) in [5, 5.41) is 0. The number of nitrogens with zero attached hydrogens (tertiary/aromatic N) is 1. The summed E-state index contributed by atoms with van der Waals surface area (Å²) < 4.78 is 11.3. The molecule has 0 saturated carbocycles. The predicted molar refractivity (Wildman–Crippen MR) is 80.7 cm³/mol. The zero-order chi connectivity index (χ0) is 14.2. The van der Waals surface area contributed by atoms with Crippen LogP contribution in [0.2, 0.25) is 0 Å². The highest BCUT2D eigenvalue weighted by Crippen LogP contribution is 2.33. The average molecular weight is 307 g/mol. The third-order valence-corrected chi connectivity index (χ3v) is 5.95. The van der Waals surface area contributed by atoms with Crippen molar-refractivity contribution < 1.29 is 14.3 Å². The molecule has 1 amide bonds. The van der Waals surface area contributed by atoms with Crippen LogP contribution in [0.3, 0.4) is 0 Å². The largest absolute Gasteiger partial charge is 0.348 e. The molecule has 5 heteroatoms. The fraction of sp³-hybridized carbons (Fsp3) is 0.688. The molecule has 1 atom stereocenters. The van der Waals surface area contributed by atoms with Gasteiger partial charge in [-0.2, -0.15) is 0 Å². The standard InChI is InChI=1S/C16H21NO3S/c18-15(14-10-11-4-3-6-13(11)21-14)17-7-2-1-5-12(17)16-19-8-9-20-16/h10,12,16H,1-9H2/t12-/m1/s1. The molecule has 0 radical (unpaired) electrons. The van der Waals surface area contributed by atoms with Crippen LogP contribution in [0.15, 0.2) is 6.07 Å². The van der Waals surface area contributed by atoms with Crippen molar-refractivity contribution in [2.24, 2.45) is 0 Å². The van der Waals surface area contributed by atoms with Crippen LogP contribution < -0.4 is 0 Å². The highest BCUT2D eigenvalue weighted by Gasteiger charge is 2.37. The number of hydrogen-bond donors (Lipinski definition) is 0. The van der Waals surface area contributed by atoms with Gasteiger partial charge in [-0.15, -0.1) is 11.3 Å². The van der Waals surface area contributed by atoms with Gasteiger partial charge < -0.3 is 14.4 Å². The molecule has 4 nitrogen and oxygen atoms in total. The van der Waals surface area contributed by atoms with Gasteiger partial charge in [0.2, 0.25) is 0 Å². The first-order valence-electron chi connectivity index (χ1n) is 7.99. The van der Waals surface area contributed by atoms with Gasteiger partial charge in [0.05, 0.1) is 24.1 Å². The first-order chi connectivity index (χ1) is 10.3. The number of piperidine rings is 1. The van der Waals surface area contributed by atoms with Gasteiger partial charge in [0.25, 0.3) is 5.91 Å². The Morgan fingerprint density at radius 3 is 2.86 bits per heavy atom. The number of amides is 1. The summed E-state index contributed by atoms with van der Waals surface area (Å²) in [6.07, 6.45) is 6.52. The second-order valence-electron chi connectivity index (χ2n) is 6.08. The number of carbonyl (C=O) groups excluding carboxylic acids is 1. The van der Waals surface area contributed by atoms with Gasteiger partial charge in [0.15, 0.2) is 6.29 Å². The smallest absolute Gasteiger partial charge is 0.264 e. The summed E-state index contributed by atoms with van der Waals surface area (Å²) in [5.41, 5.74) is 1.39. The van der Waals surface area contributed by atoms with E-state index in [4.69, 9.17) is 9.47 Å². The maximum Gasteiger partial charge on any atom is 0.264 e. The monoisotopic (exact) mass is 307 g/mol. The molecule has 0 bridgehead atoms. The Morgan fingerprint density at radius 1 is 1.19 bits per heavy atom. The minimum absolute atomic E-state index is 0.0886. The molecule has 0 unspecified atom stereocenters. The third kappa shape index (κ3) is 2.51. The maximum absolute atomic E-state index is 12.9. The Kier molecular flexibility index (Phi) is 3.73. The molecular weight excluding hydrogens is 286 g/mol. The number of rotatable bonds is 2. The van der Waals surface area contributed by atoms with Crippen LogP contribution in [0.1, 0.15) is 45.8 Å². The summed E-state index contributed by atoms with van der Waals surface area (Å²) in [7, 11) is 0. The molecule has 0 N–H and O–H groups in total. The summed E-state index contributed by atoms with van der Waals surface area (Å²) >= 11 is 1.70. The van der Waals surface area contributed by atoms with E-state index in [0.29, 0.717) is 13.2 Å². The van der Waals surface area contributed by atoms with Gasteiger partial charge in [-0.05, 0) is 50.2 Å². The number of thiophene rings is 1. The van der Waals surface area contributed by atoms with Gasteiger partial charge in [0, 0.05) is 11.4 Å². The molecule has 3 heterocycles. The quantitative estimate of drug-likeness (QED) is 0.843. The van der Waals surface area contributed by atoms with Crippen LogP contribution in [0.4, 0.5) is 0 Å². The number of hydrogen-bond acceptors (Lipinski definition) is 4. The lowest BCUT2D eigenvalue weighted by molar-refractivity contribution is -0.100. The molecule has 3 aliphatic rings. The highest BCUT2D eigenvalue weighted by atomic mass is 32.1. The second-order valence-corrected chi connectivity index (χ2v) is 7.22. The van der Waals surface area contributed by atoms with Crippen molar-refractivity contribution in [1.82, 2.24) is 4.90 Å². The van der Waals surface area contributed by atoms with Crippen LogP contribution in [0.25, 0.3) is 0 Å². The van der Waals surface area contributed by atoms with E-state index in [1.54, 1.807) is 11.3 Å². The molecule has 1 aromatic heterocycles. The van der Waals surface area contributed by atoms with Gasteiger partial charge in [0.1, 0.15) is 0 Å². The molecule has 2 fully saturated rings. The van der Waals surface area contributed by atoms with Gasteiger partial charge in [-0.3, -0.25) is 4.79 Å². The fourth-order valence-corrected chi connectivity index (χ4v) is 4.88. The van der Waals surface area contributed by atoms with Gasteiger partial charge >= 0.3 is 0 Å². The van der Waals surface area contributed by atoms with E-state index in [2.05, 4.69) is 6.07 Å². The summed E-state index contributed by atoms with van der Waals surface area (Å²) in [6, 6.07) is 2.21. The first kappa shape index (κ1) is 13.7.